The van der Waals surface area contributed by atoms with E-state index in [1.54, 1.807) is 16.9 Å². The molecule has 0 aliphatic carbocycles. The van der Waals surface area contributed by atoms with Crippen LogP contribution in [-0.2, 0) is 19.9 Å². The molecule has 0 radical (unpaired) electrons. The number of piperazine rings is 1. The molecule has 34 heavy (non-hydrogen) atoms. The molecule has 3 aliphatic heterocycles. The van der Waals surface area contributed by atoms with Crippen molar-refractivity contribution in [3.8, 4) is 5.75 Å². The molecule has 6 rings (SSSR count). The van der Waals surface area contributed by atoms with Gasteiger partial charge in [-0.05, 0) is 49.1 Å². The van der Waals surface area contributed by atoms with Gasteiger partial charge in [-0.25, -0.2) is 0 Å². The van der Waals surface area contributed by atoms with Gasteiger partial charge >= 0.3 is 0 Å². The summed E-state index contributed by atoms with van der Waals surface area (Å²) >= 11 is 0. The normalized spacial score (nSPS) is 26.6. The third-order valence-electron chi connectivity index (χ3n) is 7.78. The van der Waals surface area contributed by atoms with Crippen LogP contribution in [-0.4, -0.2) is 66.1 Å². The summed E-state index contributed by atoms with van der Waals surface area (Å²) in [5, 5.41) is 1.09. The van der Waals surface area contributed by atoms with E-state index in [0.717, 1.165) is 52.9 Å². The van der Waals surface area contributed by atoms with Crippen LogP contribution in [0.15, 0.2) is 48.5 Å². The van der Waals surface area contributed by atoms with Crippen LogP contribution in [0.25, 0.3) is 10.9 Å². The minimum Gasteiger partial charge on any atom is -0.497 e. The van der Waals surface area contributed by atoms with Crippen LogP contribution in [0.2, 0.25) is 0 Å². The fraction of sp³-hybridized carbons (Fsp3) is 0.407. The van der Waals surface area contributed by atoms with Gasteiger partial charge in [0.05, 0.1) is 25.5 Å². The first-order chi connectivity index (χ1) is 16.5. The minimum atomic E-state index is -1.08. The van der Waals surface area contributed by atoms with E-state index < -0.39 is 5.54 Å². The number of ether oxygens (including phenoxy) is 2. The number of nitrogens with one attached hydrogen (secondary N) is 1. The van der Waals surface area contributed by atoms with Gasteiger partial charge in [-0.2, -0.15) is 0 Å². The van der Waals surface area contributed by atoms with Crippen molar-refractivity contribution in [1.29, 1.82) is 0 Å². The number of H-pyrrole nitrogens is 1. The molecule has 4 heterocycles. The number of hydrogen-bond acceptors (Lipinski definition) is 4. The van der Waals surface area contributed by atoms with Gasteiger partial charge in [-0.1, -0.05) is 30.3 Å². The number of rotatable bonds is 4. The van der Waals surface area contributed by atoms with Crippen molar-refractivity contribution >= 4 is 22.7 Å². The summed E-state index contributed by atoms with van der Waals surface area (Å²) in [7, 11) is 1.65. The Bertz CT molecular complexity index is 1260. The average molecular weight is 460 g/mol. The van der Waals surface area contributed by atoms with Crippen LogP contribution in [0.1, 0.15) is 42.5 Å². The lowest BCUT2D eigenvalue weighted by Gasteiger charge is -2.51. The summed E-state index contributed by atoms with van der Waals surface area (Å²) in [6.07, 6.45) is 1.93. The highest BCUT2D eigenvalue weighted by Gasteiger charge is 2.56. The van der Waals surface area contributed by atoms with Crippen LogP contribution in [0, 0.1) is 0 Å². The lowest BCUT2D eigenvalue weighted by molar-refractivity contribution is -0.167. The first-order valence-corrected chi connectivity index (χ1v) is 12.0. The van der Waals surface area contributed by atoms with E-state index in [-0.39, 0.29) is 30.4 Å². The first kappa shape index (κ1) is 21.2. The van der Waals surface area contributed by atoms with Crippen LogP contribution in [0.5, 0.6) is 5.75 Å². The molecule has 3 atom stereocenters. The minimum absolute atomic E-state index is 0.00437. The Morgan fingerprint density at radius 1 is 1.15 bits per heavy atom. The topological polar surface area (TPSA) is 74.9 Å². The zero-order chi connectivity index (χ0) is 23.4. The van der Waals surface area contributed by atoms with Gasteiger partial charge in [-0.3, -0.25) is 9.59 Å². The van der Waals surface area contributed by atoms with Crippen LogP contribution < -0.4 is 4.74 Å². The molecule has 0 spiro atoms. The number of carbonyl (C=O) groups is 2. The molecule has 3 aromatic rings. The Morgan fingerprint density at radius 2 is 1.94 bits per heavy atom. The number of aromatic amines is 1. The Kier molecular flexibility index (Phi) is 4.92. The smallest absolute Gasteiger partial charge is 0.255 e. The third-order valence-corrected chi connectivity index (χ3v) is 7.78. The van der Waals surface area contributed by atoms with Crippen molar-refractivity contribution in [2.24, 2.45) is 0 Å². The molecular formula is C27H29N3O4. The largest absolute Gasteiger partial charge is 0.497 e. The summed E-state index contributed by atoms with van der Waals surface area (Å²) in [6, 6.07) is 16.1. The summed E-state index contributed by atoms with van der Waals surface area (Å²) in [6.45, 7) is 3.63. The van der Waals surface area contributed by atoms with E-state index in [2.05, 4.69) is 23.2 Å². The van der Waals surface area contributed by atoms with E-state index in [1.165, 1.54) is 0 Å². The van der Waals surface area contributed by atoms with E-state index in [9.17, 15) is 9.59 Å². The van der Waals surface area contributed by atoms with Gasteiger partial charge in [-0.15, -0.1) is 0 Å². The van der Waals surface area contributed by atoms with Crippen molar-refractivity contribution in [1.82, 2.24) is 14.8 Å². The van der Waals surface area contributed by atoms with Crippen molar-refractivity contribution in [2.75, 3.05) is 33.4 Å². The number of aromatic nitrogens is 1. The van der Waals surface area contributed by atoms with Crippen LogP contribution >= 0.6 is 0 Å². The summed E-state index contributed by atoms with van der Waals surface area (Å²) in [4.78, 5) is 34.6. The van der Waals surface area contributed by atoms with Gasteiger partial charge < -0.3 is 24.3 Å². The van der Waals surface area contributed by atoms with Crippen molar-refractivity contribution in [3.05, 3.63) is 65.4 Å². The first-order valence-electron chi connectivity index (χ1n) is 12.0. The van der Waals surface area contributed by atoms with Crippen LogP contribution in [0.4, 0.5) is 0 Å². The SMILES string of the molecule is COc1ccc([C@H]2CN3C(=O)CN(C[C@@H]4CCCO4)C(=O)[C@]3(C)c3[nH]c4ccccc4c32)cc1. The second-order valence-corrected chi connectivity index (χ2v) is 9.68. The third kappa shape index (κ3) is 3.06. The van der Waals surface area contributed by atoms with Gasteiger partial charge in [0, 0.05) is 36.5 Å². The van der Waals surface area contributed by atoms with E-state index in [0.29, 0.717) is 13.1 Å². The number of amides is 2. The summed E-state index contributed by atoms with van der Waals surface area (Å²) < 4.78 is 11.1. The predicted octanol–water partition coefficient (Wildman–Crippen LogP) is 3.39. The molecule has 2 amide bonds. The van der Waals surface area contributed by atoms with Crippen LogP contribution in [0.3, 0.4) is 0 Å². The Balaban J connectivity index is 1.49. The highest BCUT2D eigenvalue weighted by atomic mass is 16.5. The quantitative estimate of drug-likeness (QED) is 0.649. The number of nitrogens with zero attached hydrogens (tertiary/aromatic N) is 2. The average Bonchev–Trinajstić information content (AvgIpc) is 3.51. The molecule has 3 aliphatic rings. The highest BCUT2D eigenvalue weighted by molar-refractivity contribution is 6.01. The molecule has 2 saturated heterocycles. The number of para-hydroxylation sites is 1. The zero-order valence-corrected chi connectivity index (χ0v) is 19.5. The van der Waals surface area contributed by atoms with E-state index in [4.69, 9.17) is 9.47 Å². The lowest BCUT2D eigenvalue weighted by Crippen LogP contribution is -2.68. The molecular weight excluding hydrogens is 430 g/mol. The Morgan fingerprint density at radius 3 is 2.68 bits per heavy atom. The number of benzene rings is 2. The second-order valence-electron chi connectivity index (χ2n) is 9.68. The number of fused-ring (bicyclic) bond motifs is 5. The predicted molar refractivity (Wildman–Crippen MR) is 128 cm³/mol. The maximum absolute atomic E-state index is 14.0. The summed E-state index contributed by atoms with van der Waals surface area (Å²) in [5.74, 6) is 0.677. The number of methoxy groups -OCH3 is 1. The number of hydrogen-bond donors (Lipinski definition) is 1. The van der Waals surface area contributed by atoms with Crippen molar-refractivity contribution < 1.29 is 19.1 Å². The fourth-order valence-corrected chi connectivity index (χ4v) is 5.99. The molecule has 7 nitrogen and oxygen atoms in total. The van der Waals surface area contributed by atoms with E-state index in [1.807, 2.05) is 37.3 Å². The molecule has 0 unspecified atom stereocenters. The van der Waals surface area contributed by atoms with Gasteiger partial charge in [0.15, 0.2) is 5.54 Å². The zero-order valence-electron chi connectivity index (χ0n) is 19.5. The molecule has 2 fully saturated rings. The molecule has 7 heteroatoms. The Labute approximate surface area is 198 Å². The van der Waals surface area contributed by atoms with Crippen molar-refractivity contribution in [3.63, 3.8) is 0 Å². The molecule has 1 aromatic heterocycles. The standard InChI is InChI=1S/C27H29N3O4/c1-27-25-24(20-7-3-4-8-22(20)28-25)21(17-9-11-18(33-2)12-10-17)15-30(27)23(31)16-29(26(27)32)14-19-6-5-13-34-19/h3-4,7-12,19,21,28H,5-6,13-16H2,1-2H3/t19-,21+,27-/m0/s1. The molecule has 2 aromatic carbocycles. The van der Waals surface area contributed by atoms with Gasteiger partial charge in [0.25, 0.3) is 5.91 Å². The van der Waals surface area contributed by atoms with E-state index >= 15 is 0 Å². The second kappa shape index (κ2) is 7.87. The Hall–Kier alpha value is -3.32. The van der Waals surface area contributed by atoms with Gasteiger partial charge in [0.2, 0.25) is 5.91 Å². The highest BCUT2D eigenvalue weighted by Crippen LogP contribution is 2.48. The van der Waals surface area contributed by atoms with Crippen molar-refractivity contribution in [2.45, 2.75) is 37.3 Å². The van der Waals surface area contributed by atoms with Gasteiger partial charge in [0.1, 0.15) is 5.75 Å². The fourth-order valence-electron chi connectivity index (χ4n) is 5.99. The number of carbonyl (C=O) groups excluding carboxylic acids is 2. The molecule has 0 saturated carbocycles. The molecule has 1 N–H and O–H groups in total. The maximum Gasteiger partial charge on any atom is 0.255 e. The molecule has 176 valence electrons. The monoisotopic (exact) mass is 459 g/mol. The lowest BCUT2D eigenvalue weighted by atomic mass is 9.76. The molecule has 0 bridgehead atoms. The maximum atomic E-state index is 14.0. The summed E-state index contributed by atoms with van der Waals surface area (Å²) in [5.41, 5.74) is 2.91.